The van der Waals surface area contributed by atoms with E-state index in [9.17, 15) is 0 Å². The van der Waals surface area contributed by atoms with Crippen LogP contribution in [0.1, 0.15) is 5.56 Å². The van der Waals surface area contributed by atoms with Crippen LogP contribution in [-0.2, 0) is 6.54 Å². The third kappa shape index (κ3) is 4.22. The molecule has 0 amide bonds. The Hall–Kier alpha value is -1.30. The zero-order valence-corrected chi connectivity index (χ0v) is 10.1. The van der Waals surface area contributed by atoms with E-state index in [1.54, 1.807) is 13.2 Å². The molecule has 5 nitrogen and oxygen atoms in total. The van der Waals surface area contributed by atoms with Crippen molar-refractivity contribution in [3.8, 4) is 5.75 Å². The van der Waals surface area contributed by atoms with Crippen molar-refractivity contribution in [3.05, 3.63) is 23.8 Å². The van der Waals surface area contributed by atoms with Crippen LogP contribution in [0.2, 0.25) is 0 Å². The number of aliphatic hydroxyl groups is 2. The fraction of sp³-hybridized carbons (Fsp3) is 0.500. The number of benzene rings is 1. The summed E-state index contributed by atoms with van der Waals surface area (Å²) in [5.74, 6) is 0.764. The van der Waals surface area contributed by atoms with Gasteiger partial charge in [-0.1, -0.05) is 0 Å². The number of methoxy groups -OCH3 is 1. The molecule has 0 fully saturated rings. The fourth-order valence-corrected chi connectivity index (χ4v) is 1.72. The van der Waals surface area contributed by atoms with Crippen LogP contribution in [0.15, 0.2) is 18.2 Å². The van der Waals surface area contributed by atoms with Gasteiger partial charge in [-0.15, -0.1) is 0 Å². The molecular formula is C12H20N2O3. The predicted molar refractivity (Wildman–Crippen MR) is 66.9 cm³/mol. The summed E-state index contributed by atoms with van der Waals surface area (Å²) in [5, 5.41) is 17.9. The van der Waals surface area contributed by atoms with Crippen molar-refractivity contribution in [1.82, 2.24) is 4.90 Å². The molecule has 1 rings (SSSR count). The highest BCUT2D eigenvalue weighted by Crippen LogP contribution is 2.22. The van der Waals surface area contributed by atoms with E-state index in [0.29, 0.717) is 25.3 Å². The number of anilines is 1. The lowest BCUT2D eigenvalue weighted by molar-refractivity contribution is 0.155. The Kier molecular flexibility index (Phi) is 5.76. The molecule has 0 saturated heterocycles. The number of hydrogen-bond acceptors (Lipinski definition) is 5. The summed E-state index contributed by atoms with van der Waals surface area (Å²) in [5.41, 5.74) is 7.36. The van der Waals surface area contributed by atoms with E-state index in [2.05, 4.69) is 0 Å². The first-order chi connectivity index (χ1) is 8.21. The number of nitrogen functional groups attached to an aromatic ring is 1. The van der Waals surface area contributed by atoms with Crippen molar-refractivity contribution >= 4 is 5.69 Å². The minimum Gasteiger partial charge on any atom is -0.496 e. The summed E-state index contributed by atoms with van der Waals surface area (Å²) in [6.45, 7) is 1.74. The van der Waals surface area contributed by atoms with Gasteiger partial charge in [-0.25, -0.2) is 0 Å². The molecule has 0 saturated carbocycles. The minimum atomic E-state index is 0.0601. The van der Waals surface area contributed by atoms with Gasteiger partial charge in [0.1, 0.15) is 5.75 Å². The molecule has 0 radical (unpaired) electrons. The minimum absolute atomic E-state index is 0.0601. The number of rotatable bonds is 7. The van der Waals surface area contributed by atoms with Gasteiger partial charge in [0.05, 0.1) is 20.3 Å². The second-order valence-corrected chi connectivity index (χ2v) is 3.79. The lowest BCUT2D eigenvalue weighted by Crippen LogP contribution is -2.29. The summed E-state index contributed by atoms with van der Waals surface area (Å²) in [6, 6.07) is 5.45. The first kappa shape index (κ1) is 13.8. The van der Waals surface area contributed by atoms with Crippen LogP contribution in [0.5, 0.6) is 5.75 Å². The highest BCUT2D eigenvalue weighted by Gasteiger charge is 2.09. The van der Waals surface area contributed by atoms with E-state index >= 15 is 0 Å². The molecule has 0 heterocycles. The lowest BCUT2D eigenvalue weighted by atomic mass is 10.1. The average Bonchev–Trinajstić information content (AvgIpc) is 2.30. The van der Waals surface area contributed by atoms with Crippen molar-refractivity contribution in [3.63, 3.8) is 0 Å². The van der Waals surface area contributed by atoms with Gasteiger partial charge in [0.2, 0.25) is 0 Å². The third-order valence-corrected chi connectivity index (χ3v) is 2.53. The molecule has 1 aromatic carbocycles. The van der Waals surface area contributed by atoms with Gasteiger partial charge in [0, 0.05) is 30.9 Å². The highest BCUT2D eigenvalue weighted by molar-refractivity contribution is 5.47. The third-order valence-electron chi connectivity index (χ3n) is 2.53. The molecule has 1 aromatic rings. The first-order valence-electron chi connectivity index (χ1n) is 5.57. The monoisotopic (exact) mass is 240 g/mol. The van der Waals surface area contributed by atoms with Crippen LogP contribution in [0.25, 0.3) is 0 Å². The van der Waals surface area contributed by atoms with Gasteiger partial charge < -0.3 is 20.7 Å². The van der Waals surface area contributed by atoms with E-state index < -0.39 is 0 Å². The molecular weight excluding hydrogens is 220 g/mol. The van der Waals surface area contributed by atoms with Gasteiger partial charge in [-0.05, 0) is 18.2 Å². The highest BCUT2D eigenvalue weighted by atomic mass is 16.5. The van der Waals surface area contributed by atoms with E-state index in [-0.39, 0.29) is 13.2 Å². The molecule has 0 atom stereocenters. The predicted octanol–water partition coefficient (Wildman–Crippen LogP) is 0.0640. The van der Waals surface area contributed by atoms with E-state index in [1.807, 2.05) is 17.0 Å². The summed E-state index contributed by atoms with van der Waals surface area (Å²) in [4.78, 5) is 1.94. The molecule has 0 spiro atoms. The van der Waals surface area contributed by atoms with Crippen molar-refractivity contribution in [2.45, 2.75) is 6.54 Å². The van der Waals surface area contributed by atoms with Crippen molar-refractivity contribution in [2.24, 2.45) is 0 Å². The number of hydrogen-bond donors (Lipinski definition) is 3. The molecule has 0 unspecified atom stereocenters. The molecule has 96 valence electrons. The SMILES string of the molecule is COc1ccc(N)cc1CN(CCO)CCO. The Morgan fingerprint density at radius 1 is 1.24 bits per heavy atom. The standard InChI is InChI=1S/C12H20N2O3/c1-17-12-3-2-11(13)8-10(12)9-14(4-6-15)5-7-16/h2-3,8,15-16H,4-7,9,13H2,1H3. The van der Waals surface area contributed by atoms with E-state index in [0.717, 1.165) is 11.3 Å². The Labute approximate surface area is 101 Å². The molecule has 0 bridgehead atoms. The normalized spacial score (nSPS) is 10.8. The lowest BCUT2D eigenvalue weighted by Gasteiger charge is -2.21. The second-order valence-electron chi connectivity index (χ2n) is 3.79. The van der Waals surface area contributed by atoms with Gasteiger partial charge in [0.25, 0.3) is 0 Å². The molecule has 0 aromatic heterocycles. The summed E-state index contributed by atoms with van der Waals surface area (Å²) < 4.78 is 5.25. The zero-order valence-electron chi connectivity index (χ0n) is 10.1. The fourth-order valence-electron chi connectivity index (χ4n) is 1.72. The van der Waals surface area contributed by atoms with Gasteiger partial charge in [0.15, 0.2) is 0 Å². The number of nitrogens with two attached hydrogens (primary N) is 1. The van der Waals surface area contributed by atoms with Crippen molar-refractivity contribution in [1.29, 1.82) is 0 Å². The van der Waals surface area contributed by atoms with Crippen LogP contribution in [-0.4, -0.2) is 48.5 Å². The molecule has 5 heteroatoms. The zero-order chi connectivity index (χ0) is 12.7. The van der Waals surface area contributed by atoms with Gasteiger partial charge >= 0.3 is 0 Å². The largest absolute Gasteiger partial charge is 0.496 e. The van der Waals surface area contributed by atoms with Crippen LogP contribution in [0.3, 0.4) is 0 Å². The van der Waals surface area contributed by atoms with Crippen LogP contribution >= 0.6 is 0 Å². The van der Waals surface area contributed by atoms with Gasteiger partial charge in [-0.3, -0.25) is 4.90 Å². The number of aliphatic hydroxyl groups excluding tert-OH is 2. The molecule has 4 N–H and O–H groups in total. The molecule has 0 aliphatic rings. The summed E-state index contributed by atoms with van der Waals surface area (Å²) in [7, 11) is 1.61. The van der Waals surface area contributed by atoms with Gasteiger partial charge in [-0.2, -0.15) is 0 Å². The van der Waals surface area contributed by atoms with Crippen LogP contribution in [0.4, 0.5) is 5.69 Å². The first-order valence-corrected chi connectivity index (χ1v) is 5.57. The smallest absolute Gasteiger partial charge is 0.123 e. The molecule has 17 heavy (non-hydrogen) atoms. The number of ether oxygens (including phenoxy) is 1. The maximum Gasteiger partial charge on any atom is 0.123 e. The maximum atomic E-state index is 8.94. The molecule has 0 aliphatic carbocycles. The topological polar surface area (TPSA) is 79.0 Å². The molecule has 0 aliphatic heterocycles. The summed E-state index contributed by atoms with van der Waals surface area (Å²) in [6.07, 6.45) is 0. The Balaban J connectivity index is 2.79. The quantitative estimate of drug-likeness (QED) is 0.588. The van der Waals surface area contributed by atoms with Crippen LogP contribution in [0, 0.1) is 0 Å². The summed E-state index contributed by atoms with van der Waals surface area (Å²) >= 11 is 0. The Morgan fingerprint density at radius 3 is 2.41 bits per heavy atom. The second kappa shape index (κ2) is 7.11. The average molecular weight is 240 g/mol. The Bertz CT molecular complexity index is 339. The van der Waals surface area contributed by atoms with Crippen molar-refractivity contribution < 1.29 is 14.9 Å². The van der Waals surface area contributed by atoms with E-state index in [1.165, 1.54) is 0 Å². The Morgan fingerprint density at radius 2 is 1.88 bits per heavy atom. The van der Waals surface area contributed by atoms with Crippen LogP contribution < -0.4 is 10.5 Å². The maximum absolute atomic E-state index is 8.94. The number of nitrogens with zero attached hydrogens (tertiary/aromatic N) is 1. The van der Waals surface area contributed by atoms with Crippen molar-refractivity contribution in [2.75, 3.05) is 39.1 Å². The van der Waals surface area contributed by atoms with E-state index in [4.69, 9.17) is 20.7 Å².